The number of piperazine rings is 1. The predicted molar refractivity (Wildman–Crippen MR) is 132 cm³/mol. The molecule has 192 valence electrons. The maximum Gasteiger partial charge on any atom is 0.262 e. The van der Waals surface area contributed by atoms with E-state index < -0.39 is 10.0 Å². The zero-order valence-corrected chi connectivity index (χ0v) is 21.0. The topological polar surface area (TPSA) is 99.3 Å². The molecule has 0 aliphatic carbocycles. The quantitative estimate of drug-likeness (QED) is 0.645. The van der Waals surface area contributed by atoms with Crippen LogP contribution in [0.15, 0.2) is 41.3 Å². The summed E-state index contributed by atoms with van der Waals surface area (Å²) in [7, 11) is -3.91. The van der Waals surface area contributed by atoms with Crippen molar-refractivity contribution >= 4 is 44.8 Å². The van der Waals surface area contributed by atoms with Gasteiger partial charge in [-0.25, -0.2) is 12.8 Å². The largest absolute Gasteiger partial charge is 0.482 e. The normalized spacial score (nSPS) is 19.4. The Labute approximate surface area is 213 Å². The molecular weight excluding hydrogens is 511 g/mol. The average Bonchev–Trinajstić information content (AvgIpc) is 2.88. The zero-order valence-electron chi connectivity index (χ0n) is 19.5. The number of sulfonamides is 1. The van der Waals surface area contributed by atoms with Gasteiger partial charge in [-0.2, -0.15) is 4.31 Å². The van der Waals surface area contributed by atoms with Gasteiger partial charge in [0.05, 0.1) is 16.4 Å². The van der Waals surface area contributed by atoms with Crippen molar-refractivity contribution in [1.29, 1.82) is 0 Å². The van der Waals surface area contributed by atoms with Crippen molar-refractivity contribution < 1.29 is 27.1 Å². The minimum Gasteiger partial charge on any atom is -0.482 e. The third kappa shape index (κ3) is 4.74. The van der Waals surface area contributed by atoms with Gasteiger partial charge >= 0.3 is 0 Å². The maximum absolute atomic E-state index is 14.1. The fourth-order valence-corrected chi connectivity index (χ4v) is 6.88. The van der Waals surface area contributed by atoms with Crippen LogP contribution in [-0.4, -0.2) is 75.3 Å². The summed E-state index contributed by atoms with van der Waals surface area (Å²) in [6.07, 6.45) is 0.807. The molecule has 2 fully saturated rings. The van der Waals surface area contributed by atoms with Gasteiger partial charge in [-0.3, -0.25) is 9.59 Å². The molecule has 0 spiro atoms. The van der Waals surface area contributed by atoms with Gasteiger partial charge in [0.1, 0.15) is 16.5 Å². The van der Waals surface area contributed by atoms with E-state index in [4.69, 9.17) is 16.3 Å². The number of nitrogens with zero attached hydrogens (tertiary/aromatic N) is 3. The highest BCUT2D eigenvalue weighted by molar-refractivity contribution is 7.89. The molecule has 0 saturated carbocycles. The van der Waals surface area contributed by atoms with Gasteiger partial charge in [-0.15, -0.1) is 0 Å². The van der Waals surface area contributed by atoms with Crippen molar-refractivity contribution in [2.75, 3.05) is 56.1 Å². The van der Waals surface area contributed by atoms with Crippen LogP contribution < -0.4 is 15.0 Å². The summed E-state index contributed by atoms with van der Waals surface area (Å²) >= 11 is 6.26. The number of rotatable bonds is 4. The summed E-state index contributed by atoms with van der Waals surface area (Å²) in [5, 5.41) is 2.59. The molecule has 3 aliphatic rings. The third-order valence-corrected chi connectivity index (χ3v) is 9.24. The number of ether oxygens (including phenoxy) is 1. The Balaban J connectivity index is 1.20. The van der Waals surface area contributed by atoms with Crippen LogP contribution in [0.4, 0.5) is 15.8 Å². The maximum atomic E-state index is 14.1. The van der Waals surface area contributed by atoms with Crippen molar-refractivity contribution in [1.82, 2.24) is 9.21 Å². The van der Waals surface area contributed by atoms with Gasteiger partial charge in [0.2, 0.25) is 15.9 Å². The summed E-state index contributed by atoms with van der Waals surface area (Å²) < 4.78 is 47.4. The van der Waals surface area contributed by atoms with Gasteiger partial charge in [0.25, 0.3) is 5.91 Å². The number of piperidine rings is 1. The molecule has 3 heterocycles. The summed E-state index contributed by atoms with van der Waals surface area (Å²) in [5.41, 5.74) is 0.867. The highest BCUT2D eigenvalue weighted by Crippen LogP contribution is 2.37. The molecule has 0 atom stereocenters. The number of nitrogens with one attached hydrogen (secondary N) is 1. The Morgan fingerprint density at radius 3 is 2.44 bits per heavy atom. The SMILES string of the molecule is O=C1COc2cc(S(=O)(=O)N3CCC(C(=O)N4CCN(c5ccccc5F)CC4)CC3)c(Cl)cc2N1. The van der Waals surface area contributed by atoms with Crippen LogP contribution in [0.2, 0.25) is 5.02 Å². The minimum absolute atomic E-state index is 0.00882. The van der Waals surface area contributed by atoms with Crippen LogP contribution in [0.3, 0.4) is 0 Å². The lowest BCUT2D eigenvalue weighted by Gasteiger charge is -2.39. The van der Waals surface area contributed by atoms with Crippen LogP contribution in [0, 0.1) is 11.7 Å². The van der Waals surface area contributed by atoms with Gasteiger partial charge in [0, 0.05) is 51.3 Å². The van der Waals surface area contributed by atoms with Crippen LogP contribution >= 0.6 is 11.6 Å². The second-order valence-electron chi connectivity index (χ2n) is 9.06. The van der Waals surface area contributed by atoms with E-state index >= 15 is 0 Å². The van der Waals surface area contributed by atoms with Crippen molar-refractivity contribution in [3.8, 4) is 5.75 Å². The number of hydrogen-bond acceptors (Lipinski definition) is 6. The lowest BCUT2D eigenvalue weighted by molar-refractivity contribution is -0.137. The molecule has 0 unspecified atom stereocenters. The van der Waals surface area contributed by atoms with E-state index in [0.717, 1.165) is 0 Å². The van der Waals surface area contributed by atoms with E-state index in [0.29, 0.717) is 50.4 Å². The molecule has 3 aliphatic heterocycles. The first-order chi connectivity index (χ1) is 17.2. The van der Waals surface area contributed by atoms with E-state index in [1.54, 1.807) is 23.1 Å². The summed E-state index contributed by atoms with van der Waals surface area (Å²) in [6.45, 7) is 2.26. The fourth-order valence-electron chi connectivity index (χ4n) is 4.90. The highest BCUT2D eigenvalue weighted by Gasteiger charge is 2.36. The molecule has 0 aromatic heterocycles. The number of fused-ring (bicyclic) bond motifs is 1. The zero-order chi connectivity index (χ0) is 25.4. The second-order valence-corrected chi connectivity index (χ2v) is 11.4. The molecule has 2 amide bonds. The number of hydrogen-bond donors (Lipinski definition) is 1. The summed E-state index contributed by atoms with van der Waals surface area (Å²) in [4.78, 5) is 28.3. The second kappa shape index (κ2) is 9.87. The number of anilines is 2. The minimum atomic E-state index is -3.91. The number of carbonyl (C=O) groups excluding carboxylic acids is 2. The highest BCUT2D eigenvalue weighted by atomic mass is 35.5. The van der Waals surface area contributed by atoms with E-state index in [1.165, 1.54) is 22.5 Å². The molecule has 5 rings (SSSR count). The van der Waals surface area contributed by atoms with Crippen molar-refractivity contribution in [3.05, 3.63) is 47.2 Å². The monoisotopic (exact) mass is 536 g/mol. The number of amides is 2. The Bertz CT molecular complexity index is 1290. The lowest BCUT2D eigenvalue weighted by Crippen LogP contribution is -2.52. The number of para-hydroxylation sites is 1. The molecule has 36 heavy (non-hydrogen) atoms. The van der Waals surface area contributed by atoms with Crippen LogP contribution in [0.1, 0.15) is 12.8 Å². The smallest absolute Gasteiger partial charge is 0.262 e. The summed E-state index contributed by atoms with van der Waals surface area (Å²) in [5.74, 6) is -0.627. The molecule has 9 nitrogen and oxygen atoms in total. The third-order valence-electron chi connectivity index (χ3n) is 6.87. The molecule has 1 N–H and O–H groups in total. The standard InChI is InChI=1S/C24H26ClFN4O5S/c25-17-13-19-21(35-15-23(31)27-19)14-22(17)36(33,34)30-7-5-16(6-8-30)24(32)29-11-9-28(10-12-29)20-4-2-1-3-18(20)26/h1-4,13-14,16H,5-12,15H2,(H,27,31). The molecular formula is C24H26ClFN4O5S. The van der Waals surface area contributed by atoms with E-state index in [1.807, 2.05) is 4.90 Å². The van der Waals surface area contributed by atoms with E-state index in [-0.39, 0.29) is 58.9 Å². The predicted octanol–water partition coefficient (Wildman–Crippen LogP) is 2.56. The Kier molecular flexibility index (Phi) is 6.80. The lowest BCUT2D eigenvalue weighted by atomic mass is 9.96. The van der Waals surface area contributed by atoms with Gasteiger partial charge < -0.3 is 19.9 Å². The first-order valence-corrected chi connectivity index (χ1v) is 13.6. The van der Waals surface area contributed by atoms with Crippen molar-refractivity contribution in [3.63, 3.8) is 0 Å². The first kappa shape index (κ1) is 24.8. The van der Waals surface area contributed by atoms with E-state index in [9.17, 15) is 22.4 Å². The molecule has 0 bridgehead atoms. The van der Waals surface area contributed by atoms with Crippen LogP contribution in [0.5, 0.6) is 5.75 Å². The Morgan fingerprint density at radius 2 is 1.75 bits per heavy atom. The van der Waals surface area contributed by atoms with Crippen molar-refractivity contribution in [2.24, 2.45) is 5.92 Å². The van der Waals surface area contributed by atoms with E-state index in [2.05, 4.69) is 5.32 Å². The fraction of sp³-hybridized carbons (Fsp3) is 0.417. The van der Waals surface area contributed by atoms with Crippen LogP contribution in [0.25, 0.3) is 0 Å². The Morgan fingerprint density at radius 1 is 1.06 bits per heavy atom. The van der Waals surface area contributed by atoms with Gasteiger partial charge in [-0.1, -0.05) is 23.7 Å². The van der Waals surface area contributed by atoms with Crippen molar-refractivity contribution in [2.45, 2.75) is 17.7 Å². The molecule has 2 aromatic carbocycles. The summed E-state index contributed by atoms with van der Waals surface area (Å²) in [6, 6.07) is 9.31. The number of benzene rings is 2. The van der Waals surface area contributed by atoms with Gasteiger partial charge in [-0.05, 0) is 31.0 Å². The number of halogens is 2. The average molecular weight is 537 g/mol. The Hall–Kier alpha value is -2.89. The van der Waals surface area contributed by atoms with Gasteiger partial charge in [0.15, 0.2) is 6.61 Å². The number of carbonyl (C=O) groups is 2. The molecule has 12 heteroatoms. The first-order valence-electron chi connectivity index (χ1n) is 11.8. The van der Waals surface area contributed by atoms with Crippen LogP contribution in [-0.2, 0) is 19.6 Å². The molecule has 2 saturated heterocycles. The molecule has 0 radical (unpaired) electrons. The molecule has 2 aromatic rings.